The van der Waals surface area contributed by atoms with Crippen LogP contribution in [0, 0.1) is 6.92 Å². The topological polar surface area (TPSA) is 67.2 Å². The van der Waals surface area contributed by atoms with Gasteiger partial charge in [-0.25, -0.2) is 9.97 Å². The summed E-state index contributed by atoms with van der Waals surface area (Å²) in [6, 6.07) is 9.92. The minimum atomic E-state index is -0.158. The Kier molecular flexibility index (Phi) is 3.96. The normalized spacial score (nSPS) is 19.8. The van der Waals surface area contributed by atoms with E-state index < -0.39 is 0 Å². The summed E-state index contributed by atoms with van der Waals surface area (Å²) in [6.07, 6.45) is 3.93. The molecule has 0 unspecified atom stereocenters. The SMILES string of the molecule is Cc1cccc(C[C@@H]2S/C(=N/c3ncccn3)NC2=O)c1. The highest BCUT2D eigenvalue weighted by Crippen LogP contribution is 2.24. The van der Waals surface area contributed by atoms with Crippen molar-refractivity contribution in [3.8, 4) is 0 Å². The second-order valence-electron chi connectivity index (χ2n) is 4.75. The second-order valence-corrected chi connectivity index (χ2v) is 5.95. The maximum atomic E-state index is 12.0. The summed E-state index contributed by atoms with van der Waals surface area (Å²) in [5, 5.41) is 3.18. The van der Waals surface area contributed by atoms with E-state index >= 15 is 0 Å². The molecule has 2 heterocycles. The minimum absolute atomic E-state index is 0.0174. The monoisotopic (exact) mass is 298 g/mol. The molecule has 0 radical (unpaired) electrons. The Balaban J connectivity index is 1.72. The highest BCUT2D eigenvalue weighted by atomic mass is 32.2. The van der Waals surface area contributed by atoms with Crippen LogP contribution in [0.1, 0.15) is 11.1 Å². The predicted molar refractivity (Wildman–Crippen MR) is 83.5 cm³/mol. The zero-order valence-electron chi connectivity index (χ0n) is 11.5. The van der Waals surface area contributed by atoms with Crippen LogP contribution in [0.25, 0.3) is 0 Å². The Morgan fingerprint density at radius 2 is 2.10 bits per heavy atom. The van der Waals surface area contributed by atoms with Crippen LogP contribution < -0.4 is 5.32 Å². The summed E-state index contributed by atoms with van der Waals surface area (Å²) in [5.74, 6) is 0.340. The van der Waals surface area contributed by atoms with Crippen LogP contribution in [0.2, 0.25) is 0 Å². The number of hydrogen-bond donors (Lipinski definition) is 1. The number of amidine groups is 1. The lowest BCUT2D eigenvalue weighted by Crippen LogP contribution is -2.26. The molecule has 1 atom stereocenters. The lowest BCUT2D eigenvalue weighted by atomic mass is 10.1. The lowest BCUT2D eigenvalue weighted by Gasteiger charge is -2.05. The molecule has 106 valence electrons. The van der Waals surface area contributed by atoms with Gasteiger partial charge >= 0.3 is 0 Å². The first-order chi connectivity index (χ1) is 10.2. The molecule has 1 amide bonds. The number of amides is 1. The predicted octanol–water partition coefficient (Wildman–Crippen LogP) is 2.25. The van der Waals surface area contributed by atoms with E-state index in [9.17, 15) is 4.79 Å². The molecule has 3 rings (SSSR count). The maximum Gasteiger partial charge on any atom is 0.251 e. The number of carbonyl (C=O) groups excluding carboxylic acids is 1. The van der Waals surface area contributed by atoms with Crippen molar-refractivity contribution >= 4 is 28.8 Å². The van der Waals surface area contributed by atoms with Crippen LogP contribution >= 0.6 is 11.8 Å². The first-order valence-corrected chi connectivity index (χ1v) is 7.47. The molecule has 21 heavy (non-hydrogen) atoms. The molecule has 1 saturated heterocycles. The number of carbonyl (C=O) groups is 1. The Bertz CT molecular complexity index is 687. The number of benzene rings is 1. The van der Waals surface area contributed by atoms with Crippen molar-refractivity contribution in [2.24, 2.45) is 4.99 Å². The van der Waals surface area contributed by atoms with E-state index in [4.69, 9.17) is 0 Å². The molecular formula is C15H14N4OS. The first-order valence-electron chi connectivity index (χ1n) is 6.59. The fourth-order valence-electron chi connectivity index (χ4n) is 2.09. The number of aliphatic imine (C=N–C) groups is 1. The minimum Gasteiger partial charge on any atom is -0.304 e. The zero-order valence-corrected chi connectivity index (χ0v) is 12.3. The molecule has 2 aromatic rings. The fraction of sp³-hybridized carbons (Fsp3) is 0.200. The van der Waals surface area contributed by atoms with Crippen molar-refractivity contribution in [2.75, 3.05) is 0 Å². The number of hydrogen-bond acceptors (Lipinski definition) is 5. The van der Waals surface area contributed by atoms with Crippen LogP contribution in [0.5, 0.6) is 0 Å². The number of thioether (sulfide) groups is 1. The van der Waals surface area contributed by atoms with Crippen LogP contribution in [-0.2, 0) is 11.2 Å². The average molecular weight is 298 g/mol. The van der Waals surface area contributed by atoms with Crippen LogP contribution in [0.4, 0.5) is 5.95 Å². The third kappa shape index (κ3) is 3.46. The Labute approximate surface area is 126 Å². The summed E-state index contributed by atoms with van der Waals surface area (Å²) in [5.41, 5.74) is 2.35. The van der Waals surface area contributed by atoms with E-state index in [2.05, 4.69) is 26.3 Å². The van der Waals surface area contributed by atoms with E-state index in [0.717, 1.165) is 5.56 Å². The fourth-order valence-corrected chi connectivity index (χ4v) is 3.09. The van der Waals surface area contributed by atoms with E-state index in [1.807, 2.05) is 25.1 Å². The standard InChI is InChI=1S/C15H14N4OS/c1-10-4-2-5-11(8-10)9-12-13(20)18-15(21-12)19-14-16-6-3-7-17-14/h2-8,12H,9H2,1H3,(H,16,17,18,19,20)/t12-/m0/s1. The third-order valence-corrected chi connectivity index (χ3v) is 4.12. The van der Waals surface area contributed by atoms with Crippen LogP contribution in [0.3, 0.4) is 0 Å². The Morgan fingerprint density at radius 1 is 1.29 bits per heavy atom. The number of aromatic nitrogens is 2. The van der Waals surface area contributed by atoms with Gasteiger partial charge in [0.25, 0.3) is 5.95 Å². The van der Waals surface area contributed by atoms with Gasteiger partial charge in [0.15, 0.2) is 5.17 Å². The summed E-state index contributed by atoms with van der Waals surface area (Å²) in [6.45, 7) is 2.05. The number of rotatable bonds is 3. The van der Waals surface area contributed by atoms with Gasteiger partial charge in [0.05, 0.1) is 5.25 Å². The highest BCUT2D eigenvalue weighted by Gasteiger charge is 2.30. The van der Waals surface area contributed by atoms with E-state index in [-0.39, 0.29) is 11.2 Å². The molecule has 1 N–H and O–H groups in total. The van der Waals surface area contributed by atoms with Gasteiger partial charge in [-0.2, -0.15) is 4.99 Å². The molecule has 6 heteroatoms. The lowest BCUT2D eigenvalue weighted by molar-refractivity contribution is -0.118. The molecule has 0 saturated carbocycles. The van der Waals surface area contributed by atoms with Crippen molar-refractivity contribution < 1.29 is 4.79 Å². The second kappa shape index (κ2) is 6.05. The van der Waals surface area contributed by atoms with Crippen molar-refractivity contribution in [3.63, 3.8) is 0 Å². The number of nitrogens with zero attached hydrogens (tertiary/aromatic N) is 3. The molecular weight excluding hydrogens is 284 g/mol. The quantitative estimate of drug-likeness (QED) is 0.943. The number of nitrogens with one attached hydrogen (secondary N) is 1. The van der Waals surface area contributed by atoms with Crippen molar-refractivity contribution in [2.45, 2.75) is 18.6 Å². The van der Waals surface area contributed by atoms with Crippen molar-refractivity contribution in [3.05, 3.63) is 53.9 Å². The Morgan fingerprint density at radius 3 is 2.86 bits per heavy atom. The molecule has 5 nitrogen and oxygen atoms in total. The van der Waals surface area contributed by atoms with Gasteiger partial charge in [0, 0.05) is 12.4 Å². The largest absolute Gasteiger partial charge is 0.304 e. The molecule has 0 aliphatic carbocycles. The molecule has 0 bridgehead atoms. The van der Waals surface area contributed by atoms with E-state index in [0.29, 0.717) is 17.5 Å². The first kappa shape index (κ1) is 13.8. The molecule has 1 aromatic carbocycles. The van der Waals surface area contributed by atoms with Gasteiger partial charge < -0.3 is 5.32 Å². The van der Waals surface area contributed by atoms with Gasteiger partial charge in [-0.3, -0.25) is 4.79 Å². The molecule has 1 fully saturated rings. The molecule has 1 aliphatic rings. The van der Waals surface area contributed by atoms with Gasteiger partial charge in [-0.15, -0.1) is 0 Å². The summed E-state index contributed by atoms with van der Waals surface area (Å²) in [7, 11) is 0. The van der Waals surface area contributed by atoms with Crippen molar-refractivity contribution in [1.29, 1.82) is 0 Å². The van der Waals surface area contributed by atoms with Gasteiger partial charge in [0.1, 0.15) is 0 Å². The Hall–Kier alpha value is -2.21. The summed E-state index contributed by atoms with van der Waals surface area (Å²) in [4.78, 5) is 24.3. The summed E-state index contributed by atoms with van der Waals surface area (Å²) < 4.78 is 0. The highest BCUT2D eigenvalue weighted by molar-refractivity contribution is 8.15. The zero-order chi connectivity index (χ0) is 14.7. The van der Waals surface area contributed by atoms with Crippen molar-refractivity contribution in [1.82, 2.24) is 15.3 Å². The molecule has 0 spiro atoms. The van der Waals surface area contributed by atoms with Crippen LogP contribution in [-0.4, -0.2) is 26.3 Å². The van der Waals surface area contributed by atoms with Gasteiger partial charge in [0.2, 0.25) is 5.91 Å². The third-order valence-electron chi connectivity index (χ3n) is 3.03. The van der Waals surface area contributed by atoms with Gasteiger partial charge in [-0.05, 0) is 25.0 Å². The molecule has 1 aromatic heterocycles. The summed E-state index contributed by atoms with van der Waals surface area (Å²) >= 11 is 1.42. The maximum absolute atomic E-state index is 12.0. The van der Waals surface area contributed by atoms with Gasteiger partial charge in [-0.1, -0.05) is 41.6 Å². The van der Waals surface area contributed by atoms with E-state index in [1.54, 1.807) is 18.5 Å². The smallest absolute Gasteiger partial charge is 0.251 e. The number of aryl methyl sites for hydroxylation is 1. The van der Waals surface area contributed by atoms with E-state index in [1.165, 1.54) is 17.3 Å². The molecule has 1 aliphatic heterocycles. The average Bonchev–Trinajstić information content (AvgIpc) is 2.80. The van der Waals surface area contributed by atoms with Crippen LogP contribution in [0.15, 0.2) is 47.7 Å².